The van der Waals surface area contributed by atoms with E-state index in [9.17, 15) is 4.79 Å². The molecule has 96 valence electrons. The van der Waals surface area contributed by atoms with Gasteiger partial charge in [0, 0.05) is 21.9 Å². The summed E-state index contributed by atoms with van der Waals surface area (Å²) in [5.74, 6) is 1.60. The summed E-state index contributed by atoms with van der Waals surface area (Å²) in [7, 11) is 0. The monoisotopic (exact) mass is 291 g/mol. The molecule has 1 N–H and O–H groups in total. The van der Waals surface area contributed by atoms with E-state index in [0.29, 0.717) is 16.4 Å². The van der Waals surface area contributed by atoms with Gasteiger partial charge in [0.05, 0.1) is 4.91 Å². The number of aromatic nitrogens is 3. The first-order valence-corrected chi connectivity index (χ1v) is 7.14. The van der Waals surface area contributed by atoms with Crippen LogP contribution in [0, 0.1) is 0 Å². The summed E-state index contributed by atoms with van der Waals surface area (Å²) in [6.45, 7) is 0. The van der Waals surface area contributed by atoms with E-state index in [4.69, 9.17) is 11.6 Å². The number of benzene rings is 1. The van der Waals surface area contributed by atoms with Crippen molar-refractivity contribution < 1.29 is 4.79 Å². The molecule has 0 saturated heterocycles. The number of rotatable bonds is 3. The van der Waals surface area contributed by atoms with Crippen LogP contribution in [0.25, 0.3) is 4.91 Å². The smallest absolute Gasteiger partial charge is 0.190 e. The van der Waals surface area contributed by atoms with Gasteiger partial charge >= 0.3 is 0 Å². The predicted octanol–water partition coefficient (Wildman–Crippen LogP) is 3.19. The first-order valence-electron chi connectivity index (χ1n) is 5.77. The molecule has 0 bridgehead atoms. The number of hydrogen-bond acceptors (Lipinski definition) is 4. The Bertz CT molecular complexity index is 634. The van der Waals surface area contributed by atoms with Gasteiger partial charge in [-0.2, -0.15) is 5.10 Å². The molecule has 1 aliphatic heterocycles. The normalized spacial score (nSPS) is 15.0. The number of ketones is 1. The van der Waals surface area contributed by atoms with Crippen LogP contribution in [0.15, 0.2) is 36.2 Å². The van der Waals surface area contributed by atoms with E-state index in [2.05, 4.69) is 15.2 Å². The number of Topliss-reactive ketones (excluding diaryl/α,β-unsaturated/α-hetero) is 1. The summed E-state index contributed by atoms with van der Waals surface area (Å²) in [5, 5.41) is 7.27. The summed E-state index contributed by atoms with van der Waals surface area (Å²) < 4.78 is 0. The molecule has 0 fully saturated rings. The molecule has 0 saturated carbocycles. The number of allylic oxidation sites excluding steroid dienone is 1. The van der Waals surface area contributed by atoms with Gasteiger partial charge < -0.3 is 0 Å². The second kappa shape index (κ2) is 5.19. The second-order valence-electron chi connectivity index (χ2n) is 4.08. The predicted molar refractivity (Wildman–Crippen MR) is 76.2 cm³/mol. The molecule has 1 aromatic carbocycles. The van der Waals surface area contributed by atoms with Crippen LogP contribution < -0.4 is 0 Å². The van der Waals surface area contributed by atoms with E-state index in [0.717, 1.165) is 22.7 Å². The first kappa shape index (κ1) is 12.4. The van der Waals surface area contributed by atoms with Gasteiger partial charge in [-0.25, -0.2) is 4.98 Å². The molecule has 1 aromatic heterocycles. The molecule has 0 unspecified atom stereocenters. The van der Waals surface area contributed by atoms with Gasteiger partial charge in [0.1, 0.15) is 6.33 Å². The van der Waals surface area contributed by atoms with E-state index >= 15 is 0 Å². The largest absolute Gasteiger partial charge is 0.289 e. The average molecular weight is 292 g/mol. The Hall–Kier alpha value is -1.59. The van der Waals surface area contributed by atoms with E-state index in [1.54, 1.807) is 36.0 Å². The van der Waals surface area contributed by atoms with Crippen molar-refractivity contribution in [2.75, 3.05) is 5.75 Å². The Morgan fingerprint density at radius 2 is 2.11 bits per heavy atom. The van der Waals surface area contributed by atoms with Crippen molar-refractivity contribution in [2.24, 2.45) is 0 Å². The van der Waals surface area contributed by atoms with Crippen molar-refractivity contribution in [3.8, 4) is 0 Å². The number of H-pyrrole nitrogens is 1. The second-order valence-corrected chi connectivity index (χ2v) is 5.62. The lowest BCUT2D eigenvalue weighted by Crippen LogP contribution is -2.03. The fourth-order valence-electron chi connectivity index (χ4n) is 1.97. The van der Waals surface area contributed by atoms with Crippen molar-refractivity contribution in [1.29, 1.82) is 0 Å². The van der Waals surface area contributed by atoms with Crippen molar-refractivity contribution in [1.82, 2.24) is 15.2 Å². The molecule has 19 heavy (non-hydrogen) atoms. The molecule has 3 rings (SSSR count). The number of hydrogen-bond donors (Lipinski definition) is 1. The minimum Gasteiger partial charge on any atom is -0.289 e. The van der Waals surface area contributed by atoms with Crippen LogP contribution in [0.2, 0.25) is 5.02 Å². The maximum Gasteiger partial charge on any atom is 0.190 e. The molecule has 0 spiro atoms. The van der Waals surface area contributed by atoms with Gasteiger partial charge in [-0.05, 0) is 30.7 Å². The molecule has 0 amide bonds. The van der Waals surface area contributed by atoms with Crippen molar-refractivity contribution in [3.05, 3.63) is 52.6 Å². The van der Waals surface area contributed by atoms with Gasteiger partial charge in [-0.15, -0.1) is 11.8 Å². The van der Waals surface area contributed by atoms with Crippen LogP contribution in [-0.2, 0) is 0 Å². The molecular weight excluding hydrogens is 282 g/mol. The lowest BCUT2D eigenvalue weighted by molar-refractivity contribution is 0.103. The Morgan fingerprint density at radius 1 is 1.32 bits per heavy atom. The van der Waals surface area contributed by atoms with Crippen molar-refractivity contribution >= 4 is 34.1 Å². The highest BCUT2D eigenvalue weighted by molar-refractivity contribution is 8.08. The summed E-state index contributed by atoms with van der Waals surface area (Å²) in [5.41, 5.74) is 1.45. The molecular formula is C13H10ClN3OS. The zero-order valence-electron chi connectivity index (χ0n) is 9.89. The minimum absolute atomic E-state index is 0.0352. The number of aromatic amines is 1. The SMILES string of the molecule is O=C(C1=C(c2ncn[nH]2)SCC1)c1ccc(Cl)cc1. The number of carbonyl (C=O) groups excluding carboxylic acids is 1. The number of thioether (sulfide) groups is 1. The maximum atomic E-state index is 12.5. The number of halogens is 1. The van der Waals surface area contributed by atoms with Crippen molar-refractivity contribution in [2.45, 2.75) is 6.42 Å². The van der Waals surface area contributed by atoms with Gasteiger partial charge in [0.2, 0.25) is 0 Å². The van der Waals surface area contributed by atoms with Crippen LogP contribution in [0.1, 0.15) is 22.6 Å². The third-order valence-electron chi connectivity index (χ3n) is 2.88. The Kier molecular flexibility index (Phi) is 3.40. The molecule has 2 heterocycles. The Balaban J connectivity index is 1.98. The van der Waals surface area contributed by atoms with E-state index in [-0.39, 0.29) is 5.78 Å². The van der Waals surface area contributed by atoms with Crippen LogP contribution in [0.4, 0.5) is 0 Å². The zero-order chi connectivity index (χ0) is 13.2. The first-order chi connectivity index (χ1) is 9.25. The highest BCUT2D eigenvalue weighted by atomic mass is 35.5. The Morgan fingerprint density at radius 3 is 2.79 bits per heavy atom. The van der Waals surface area contributed by atoms with E-state index in [1.807, 2.05) is 0 Å². The fraction of sp³-hybridized carbons (Fsp3) is 0.154. The molecule has 0 aliphatic carbocycles. The third kappa shape index (κ3) is 2.43. The lowest BCUT2D eigenvalue weighted by Gasteiger charge is -2.04. The molecule has 2 aromatic rings. The highest BCUT2D eigenvalue weighted by Gasteiger charge is 2.25. The van der Waals surface area contributed by atoms with Crippen LogP contribution in [0.5, 0.6) is 0 Å². The van der Waals surface area contributed by atoms with Crippen LogP contribution in [0.3, 0.4) is 0 Å². The zero-order valence-corrected chi connectivity index (χ0v) is 11.5. The summed E-state index contributed by atoms with van der Waals surface area (Å²) in [4.78, 5) is 17.5. The van der Waals surface area contributed by atoms with E-state index < -0.39 is 0 Å². The van der Waals surface area contributed by atoms with Gasteiger partial charge in [-0.1, -0.05) is 11.6 Å². The quantitative estimate of drug-likeness (QED) is 0.882. The number of carbonyl (C=O) groups is 1. The van der Waals surface area contributed by atoms with Gasteiger partial charge in [0.15, 0.2) is 11.6 Å². The molecule has 4 nitrogen and oxygen atoms in total. The van der Waals surface area contributed by atoms with Crippen LogP contribution in [-0.4, -0.2) is 26.7 Å². The molecule has 1 aliphatic rings. The van der Waals surface area contributed by atoms with E-state index in [1.165, 1.54) is 6.33 Å². The summed E-state index contributed by atoms with van der Waals surface area (Å²) in [6, 6.07) is 6.95. The molecule has 0 radical (unpaired) electrons. The van der Waals surface area contributed by atoms with Crippen LogP contribution >= 0.6 is 23.4 Å². The Labute approximate surface area is 119 Å². The minimum atomic E-state index is 0.0352. The molecule has 0 atom stereocenters. The third-order valence-corrected chi connectivity index (χ3v) is 4.27. The van der Waals surface area contributed by atoms with Gasteiger partial charge in [-0.3, -0.25) is 9.89 Å². The van der Waals surface area contributed by atoms with Gasteiger partial charge in [0.25, 0.3) is 0 Å². The maximum absolute atomic E-state index is 12.5. The number of nitrogens with zero attached hydrogens (tertiary/aromatic N) is 2. The highest BCUT2D eigenvalue weighted by Crippen LogP contribution is 2.38. The summed E-state index contributed by atoms with van der Waals surface area (Å²) >= 11 is 7.47. The number of nitrogens with one attached hydrogen (secondary N) is 1. The summed E-state index contributed by atoms with van der Waals surface area (Å²) in [6.07, 6.45) is 2.20. The van der Waals surface area contributed by atoms with Crippen molar-refractivity contribution in [3.63, 3.8) is 0 Å². The average Bonchev–Trinajstić information content (AvgIpc) is 3.09. The topological polar surface area (TPSA) is 58.6 Å². The fourth-order valence-corrected chi connectivity index (χ4v) is 3.21. The lowest BCUT2D eigenvalue weighted by atomic mass is 10.0. The molecule has 6 heteroatoms. The standard InChI is InChI=1S/C13H10ClN3OS/c14-9-3-1-8(2-4-9)11(18)10-5-6-19-12(10)13-15-7-16-17-13/h1-4,7H,5-6H2,(H,15,16,17).